The van der Waals surface area contributed by atoms with E-state index in [1.165, 1.54) is 0 Å². The van der Waals surface area contributed by atoms with Crippen molar-refractivity contribution in [3.63, 3.8) is 0 Å². The average molecular weight is 200 g/mol. The Bertz CT molecular complexity index is 148. The monoisotopic (exact) mass is 200 g/mol. The van der Waals surface area contributed by atoms with Crippen LogP contribution in [0.3, 0.4) is 0 Å². The number of nitrogens with one attached hydrogen (secondary N) is 1. The smallest absolute Gasteiger partial charge is 0.220 e. The van der Waals surface area contributed by atoms with Crippen molar-refractivity contribution in [3.8, 4) is 0 Å². The molecule has 0 aliphatic carbocycles. The van der Waals surface area contributed by atoms with Crippen molar-refractivity contribution >= 4 is 5.91 Å². The summed E-state index contributed by atoms with van der Waals surface area (Å²) < 4.78 is 0. The lowest BCUT2D eigenvalue weighted by atomic mass is 10.1. The Morgan fingerprint density at radius 2 is 2.07 bits per heavy atom. The maximum absolute atomic E-state index is 11.3. The standard InChI is InChI=1S/C11H24N2O/c1-3-4-5-8-11(14)13-10(2)7-6-9-12/h10H,3-9,12H2,1-2H3,(H,13,14). The third-order valence-corrected chi connectivity index (χ3v) is 2.26. The molecule has 0 aromatic rings. The van der Waals surface area contributed by atoms with Gasteiger partial charge in [-0.2, -0.15) is 0 Å². The predicted octanol–water partition coefficient (Wildman–Crippen LogP) is 1.81. The quantitative estimate of drug-likeness (QED) is 0.587. The van der Waals surface area contributed by atoms with Gasteiger partial charge in [0, 0.05) is 12.5 Å². The summed E-state index contributed by atoms with van der Waals surface area (Å²) in [5.41, 5.74) is 5.39. The highest BCUT2D eigenvalue weighted by Gasteiger charge is 2.05. The second-order valence-corrected chi connectivity index (χ2v) is 3.86. The lowest BCUT2D eigenvalue weighted by Crippen LogP contribution is -2.32. The maximum Gasteiger partial charge on any atom is 0.220 e. The van der Waals surface area contributed by atoms with Gasteiger partial charge in [0.2, 0.25) is 5.91 Å². The highest BCUT2D eigenvalue weighted by molar-refractivity contribution is 5.76. The number of carbonyl (C=O) groups is 1. The van der Waals surface area contributed by atoms with E-state index in [0.29, 0.717) is 13.0 Å². The molecular formula is C11H24N2O. The minimum absolute atomic E-state index is 0.183. The van der Waals surface area contributed by atoms with Crippen LogP contribution in [0.15, 0.2) is 0 Å². The number of amides is 1. The van der Waals surface area contributed by atoms with Crippen molar-refractivity contribution in [2.75, 3.05) is 6.54 Å². The van der Waals surface area contributed by atoms with Crippen molar-refractivity contribution in [2.24, 2.45) is 5.73 Å². The lowest BCUT2D eigenvalue weighted by Gasteiger charge is -2.12. The van der Waals surface area contributed by atoms with Crippen LogP contribution in [0.25, 0.3) is 0 Å². The Morgan fingerprint density at radius 3 is 2.64 bits per heavy atom. The molecule has 0 aromatic heterocycles. The molecule has 84 valence electrons. The molecule has 0 heterocycles. The Balaban J connectivity index is 3.40. The van der Waals surface area contributed by atoms with E-state index in [9.17, 15) is 4.79 Å². The molecule has 0 bridgehead atoms. The van der Waals surface area contributed by atoms with Crippen LogP contribution in [0, 0.1) is 0 Å². The zero-order valence-corrected chi connectivity index (χ0v) is 9.51. The van der Waals surface area contributed by atoms with E-state index >= 15 is 0 Å². The summed E-state index contributed by atoms with van der Waals surface area (Å²) in [6, 6.07) is 0.271. The summed E-state index contributed by atoms with van der Waals surface area (Å²) in [5, 5.41) is 2.98. The van der Waals surface area contributed by atoms with Crippen LogP contribution in [-0.4, -0.2) is 18.5 Å². The third kappa shape index (κ3) is 8.05. The van der Waals surface area contributed by atoms with Gasteiger partial charge in [0.25, 0.3) is 0 Å². The molecule has 0 saturated carbocycles. The van der Waals surface area contributed by atoms with Gasteiger partial charge in [-0.05, 0) is 32.7 Å². The van der Waals surface area contributed by atoms with Gasteiger partial charge in [-0.1, -0.05) is 19.8 Å². The third-order valence-electron chi connectivity index (χ3n) is 2.26. The SMILES string of the molecule is CCCCCC(=O)NC(C)CCCN. The van der Waals surface area contributed by atoms with Gasteiger partial charge in [0.05, 0.1) is 0 Å². The van der Waals surface area contributed by atoms with Crippen molar-refractivity contribution in [1.82, 2.24) is 5.32 Å². The Labute approximate surface area is 87.4 Å². The van der Waals surface area contributed by atoms with E-state index in [4.69, 9.17) is 5.73 Å². The largest absolute Gasteiger partial charge is 0.354 e. The van der Waals surface area contributed by atoms with Crippen LogP contribution in [0.5, 0.6) is 0 Å². The molecule has 0 aliphatic heterocycles. The fourth-order valence-corrected chi connectivity index (χ4v) is 1.38. The van der Waals surface area contributed by atoms with E-state index in [0.717, 1.165) is 32.1 Å². The molecule has 0 rings (SSSR count). The van der Waals surface area contributed by atoms with Crippen molar-refractivity contribution in [2.45, 2.75) is 58.4 Å². The fraction of sp³-hybridized carbons (Fsp3) is 0.909. The van der Waals surface area contributed by atoms with Gasteiger partial charge in [-0.25, -0.2) is 0 Å². The number of rotatable bonds is 8. The van der Waals surface area contributed by atoms with Crippen molar-refractivity contribution in [3.05, 3.63) is 0 Å². The van der Waals surface area contributed by atoms with Gasteiger partial charge in [0.15, 0.2) is 0 Å². The van der Waals surface area contributed by atoms with E-state index in [2.05, 4.69) is 12.2 Å². The molecule has 3 N–H and O–H groups in total. The van der Waals surface area contributed by atoms with Crippen molar-refractivity contribution in [1.29, 1.82) is 0 Å². The first kappa shape index (κ1) is 13.4. The zero-order valence-electron chi connectivity index (χ0n) is 9.51. The first-order chi connectivity index (χ1) is 6.70. The number of hydrogen-bond acceptors (Lipinski definition) is 2. The van der Waals surface area contributed by atoms with Crippen LogP contribution < -0.4 is 11.1 Å². The van der Waals surface area contributed by atoms with Gasteiger partial charge >= 0.3 is 0 Å². The topological polar surface area (TPSA) is 55.1 Å². The van der Waals surface area contributed by atoms with Gasteiger partial charge in [-0.3, -0.25) is 4.79 Å². The molecule has 14 heavy (non-hydrogen) atoms. The van der Waals surface area contributed by atoms with Crippen LogP contribution >= 0.6 is 0 Å². The number of carbonyl (C=O) groups excluding carboxylic acids is 1. The van der Waals surface area contributed by atoms with Crippen LogP contribution in [-0.2, 0) is 4.79 Å². The highest BCUT2D eigenvalue weighted by Crippen LogP contribution is 2.00. The average Bonchev–Trinajstić information content (AvgIpc) is 2.15. The molecule has 0 aromatic carbocycles. The van der Waals surface area contributed by atoms with E-state index in [1.54, 1.807) is 0 Å². The summed E-state index contributed by atoms with van der Waals surface area (Å²) in [5.74, 6) is 0.183. The fourth-order valence-electron chi connectivity index (χ4n) is 1.38. The van der Waals surface area contributed by atoms with Gasteiger partial charge in [-0.15, -0.1) is 0 Å². The summed E-state index contributed by atoms with van der Waals surface area (Å²) in [6.45, 7) is 4.88. The minimum atomic E-state index is 0.183. The number of nitrogens with two attached hydrogens (primary N) is 1. The lowest BCUT2D eigenvalue weighted by molar-refractivity contribution is -0.121. The number of hydrogen-bond donors (Lipinski definition) is 2. The summed E-state index contributed by atoms with van der Waals surface area (Å²) in [4.78, 5) is 11.3. The van der Waals surface area contributed by atoms with Gasteiger partial charge in [0.1, 0.15) is 0 Å². The summed E-state index contributed by atoms with van der Waals surface area (Å²) in [7, 11) is 0. The molecule has 0 saturated heterocycles. The first-order valence-corrected chi connectivity index (χ1v) is 5.70. The Morgan fingerprint density at radius 1 is 1.36 bits per heavy atom. The minimum Gasteiger partial charge on any atom is -0.354 e. The maximum atomic E-state index is 11.3. The molecule has 3 nitrogen and oxygen atoms in total. The Kier molecular flexibility index (Phi) is 8.64. The number of unbranched alkanes of at least 4 members (excludes halogenated alkanes) is 2. The van der Waals surface area contributed by atoms with Crippen LogP contribution in [0.4, 0.5) is 0 Å². The van der Waals surface area contributed by atoms with Crippen LogP contribution in [0.2, 0.25) is 0 Å². The molecule has 0 spiro atoms. The van der Waals surface area contributed by atoms with E-state index in [-0.39, 0.29) is 11.9 Å². The summed E-state index contributed by atoms with van der Waals surface area (Å²) in [6.07, 6.45) is 5.94. The van der Waals surface area contributed by atoms with E-state index in [1.807, 2.05) is 6.92 Å². The predicted molar refractivity (Wildman–Crippen MR) is 60.0 cm³/mol. The second-order valence-electron chi connectivity index (χ2n) is 3.86. The summed E-state index contributed by atoms with van der Waals surface area (Å²) >= 11 is 0. The molecule has 1 amide bonds. The molecule has 0 fully saturated rings. The molecule has 0 aliphatic rings. The second kappa shape index (κ2) is 9.00. The normalized spacial score (nSPS) is 12.5. The molecule has 3 heteroatoms. The van der Waals surface area contributed by atoms with Gasteiger partial charge < -0.3 is 11.1 Å². The zero-order chi connectivity index (χ0) is 10.8. The highest BCUT2D eigenvalue weighted by atomic mass is 16.1. The molecule has 1 atom stereocenters. The van der Waals surface area contributed by atoms with E-state index < -0.39 is 0 Å². The van der Waals surface area contributed by atoms with Crippen molar-refractivity contribution < 1.29 is 4.79 Å². The molecule has 0 radical (unpaired) electrons. The molecule has 1 unspecified atom stereocenters. The Hall–Kier alpha value is -0.570. The molecular weight excluding hydrogens is 176 g/mol. The van der Waals surface area contributed by atoms with Crippen LogP contribution in [0.1, 0.15) is 52.4 Å². The first-order valence-electron chi connectivity index (χ1n) is 5.70.